The Balaban J connectivity index is 1.99. The van der Waals surface area contributed by atoms with Crippen molar-refractivity contribution in [2.75, 3.05) is 13.1 Å². The molecule has 18 heavy (non-hydrogen) atoms. The van der Waals surface area contributed by atoms with E-state index in [0.29, 0.717) is 5.56 Å². The minimum Gasteiger partial charge on any atom is -0.481 e. The lowest BCUT2D eigenvalue weighted by Crippen LogP contribution is -2.48. The third-order valence-corrected chi connectivity index (χ3v) is 3.90. The fourth-order valence-corrected chi connectivity index (χ4v) is 2.71. The van der Waals surface area contributed by atoms with Gasteiger partial charge in [0.25, 0.3) is 0 Å². The number of nitrogens with zero attached hydrogens (tertiary/aromatic N) is 1. The minimum absolute atomic E-state index is 0.0208. The van der Waals surface area contributed by atoms with Crippen LogP contribution < -0.4 is 0 Å². The van der Waals surface area contributed by atoms with Gasteiger partial charge >= 0.3 is 5.97 Å². The third kappa shape index (κ3) is 2.90. The fourth-order valence-electron chi connectivity index (χ4n) is 2.33. The van der Waals surface area contributed by atoms with Crippen LogP contribution in [0.5, 0.6) is 0 Å². The maximum atomic E-state index is 13.7. The molecule has 1 aliphatic heterocycles. The summed E-state index contributed by atoms with van der Waals surface area (Å²) in [4.78, 5) is 12.7. The van der Waals surface area contributed by atoms with Gasteiger partial charge in [0, 0.05) is 29.2 Å². The molecule has 1 unspecified atom stereocenters. The Kier molecular flexibility index (Phi) is 4.02. The van der Waals surface area contributed by atoms with Gasteiger partial charge in [-0.05, 0) is 31.0 Å². The lowest BCUT2D eigenvalue weighted by atomic mass is 9.92. The predicted octanol–water partition coefficient (Wildman–Crippen LogP) is 3.06. The molecule has 98 valence electrons. The molecule has 0 aliphatic carbocycles. The Labute approximate surface area is 114 Å². The first-order valence-corrected chi connectivity index (χ1v) is 6.67. The Bertz CT molecular complexity index is 460. The van der Waals surface area contributed by atoms with Gasteiger partial charge in [0.1, 0.15) is 5.82 Å². The van der Waals surface area contributed by atoms with E-state index in [9.17, 15) is 9.18 Å². The van der Waals surface area contributed by atoms with E-state index in [0.717, 1.165) is 17.6 Å². The van der Waals surface area contributed by atoms with E-state index in [1.165, 1.54) is 6.07 Å². The molecule has 0 saturated carbocycles. The van der Waals surface area contributed by atoms with Gasteiger partial charge in [0.05, 0.1) is 6.42 Å². The average Bonchev–Trinajstić information content (AvgIpc) is 2.25. The maximum Gasteiger partial charge on any atom is 0.303 e. The Morgan fingerprint density at radius 1 is 1.61 bits per heavy atom. The molecular formula is C13H15BrFNO2. The highest BCUT2D eigenvalue weighted by Crippen LogP contribution is 2.32. The lowest BCUT2D eigenvalue weighted by molar-refractivity contribution is -0.139. The van der Waals surface area contributed by atoms with Crippen molar-refractivity contribution in [2.24, 2.45) is 5.92 Å². The summed E-state index contributed by atoms with van der Waals surface area (Å²) in [5.41, 5.74) is 0.651. The standard InChI is InChI=1S/C13H15BrFNO2/c1-8(11-5-10(14)2-3-12(11)15)16-6-9(7-16)4-13(17)18/h2-3,5,8-9H,4,6-7H2,1H3,(H,17,18). The first-order chi connectivity index (χ1) is 8.47. The van der Waals surface area contributed by atoms with E-state index in [1.54, 1.807) is 12.1 Å². The van der Waals surface area contributed by atoms with E-state index in [2.05, 4.69) is 20.8 Å². The second kappa shape index (κ2) is 5.36. The summed E-state index contributed by atoms with van der Waals surface area (Å²) in [6.07, 6.45) is 0.199. The fraction of sp³-hybridized carbons (Fsp3) is 0.462. The van der Waals surface area contributed by atoms with Gasteiger partial charge in [-0.3, -0.25) is 9.69 Å². The van der Waals surface area contributed by atoms with Crippen molar-refractivity contribution in [1.29, 1.82) is 0 Å². The maximum absolute atomic E-state index is 13.7. The van der Waals surface area contributed by atoms with Crippen LogP contribution in [0.25, 0.3) is 0 Å². The van der Waals surface area contributed by atoms with Gasteiger partial charge in [-0.1, -0.05) is 15.9 Å². The van der Waals surface area contributed by atoms with Crippen molar-refractivity contribution in [3.63, 3.8) is 0 Å². The second-order valence-electron chi connectivity index (χ2n) is 4.76. The van der Waals surface area contributed by atoms with Gasteiger partial charge in [0.15, 0.2) is 0 Å². The molecule has 2 rings (SSSR count). The molecule has 1 N–H and O–H groups in total. The Hall–Kier alpha value is -0.940. The molecule has 0 aromatic heterocycles. The second-order valence-corrected chi connectivity index (χ2v) is 5.68. The number of carboxylic acids is 1. The molecular weight excluding hydrogens is 301 g/mol. The number of likely N-dealkylation sites (tertiary alicyclic amines) is 1. The highest BCUT2D eigenvalue weighted by Gasteiger charge is 2.33. The molecule has 0 bridgehead atoms. The van der Waals surface area contributed by atoms with Crippen molar-refractivity contribution in [2.45, 2.75) is 19.4 Å². The zero-order chi connectivity index (χ0) is 13.3. The van der Waals surface area contributed by atoms with Gasteiger partial charge in [0.2, 0.25) is 0 Å². The number of carbonyl (C=O) groups is 1. The molecule has 1 atom stereocenters. The van der Waals surface area contributed by atoms with Crippen LogP contribution in [-0.2, 0) is 4.79 Å². The topological polar surface area (TPSA) is 40.5 Å². The Morgan fingerprint density at radius 2 is 2.28 bits per heavy atom. The van der Waals surface area contributed by atoms with E-state index in [4.69, 9.17) is 5.11 Å². The van der Waals surface area contributed by atoms with E-state index >= 15 is 0 Å². The summed E-state index contributed by atoms with van der Waals surface area (Å²) in [6.45, 7) is 3.39. The molecule has 0 spiro atoms. The molecule has 3 nitrogen and oxygen atoms in total. The number of carboxylic acid groups (broad SMARTS) is 1. The van der Waals surface area contributed by atoms with Gasteiger partial charge in [-0.25, -0.2) is 4.39 Å². The highest BCUT2D eigenvalue weighted by atomic mass is 79.9. The average molecular weight is 316 g/mol. The molecule has 1 aromatic carbocycles. The van der Waals surface area contributed by atoms with Gasteiger partial charge in [-0.2, -0.15) is 0 Å². The number of benzene rings is 1. The van der Waals surface area contributed by atoms with Crippen LogP contribution in [0.3, 0.4) is 0 Å². The van der Waals surface area contributed by atoms with E-state index < -0.39 is 5.97 Å². The van der Waals surface area contributed by atoms with Crippen LogP contribution in [-0.4, -0.2) is 29.1 Å². The number of hydrogen-bond donors (Lipinski definition) is 1. The number of halogens is 2. The van der Waals surface area contributed by atoms with Crippen LogP contribution in [0.4, 0.5) is 4.39 Å². The van der Waals surface area contributed by atoms with Crippen LogP contribution in [0, 0.1) is 11.7 Å². The largest absolute Gasteiger partial charge is 0.481 e. The molecule has 0 radical (unpaired) electrons. The highest BCUT2D eigenvalue weighted by molar-refractivity contribution is 9.10. The predicted molar refractivity (Wildman–Crippen MR) is 69.8 cm³/mol. The number of hydrogen-bond acceptors (Lipinski definition) is 2. The number of rotatable bonds is 4. The van der Waals surface area contributed by atoms with Crippen molar-refractivity contribution < 1.29 is 14.3 Å². The molecule has 1 aromatic rings. The van der Waals surface area contributed by atoms with Crippen molar-refractivity contribution >= 4 is 21.9 Å². The molecule has 0 amide bonds. The van der Waals surface area contributed by atoms with E-state index in [1.807, 2.05) is 6.92 Å². The normalized spacial score (nSPS) is 18.4. The molecule has 1 heterocycles. The first-order valence-electron chi connectivity index (χ1n) is 5.88. The summed E-state index contributed by atoms with van der Waals surface area (Å²) in [5, 5.41) is 8.69. The molecule has 1 saturated heterocycles. The summed E-state index contributed by atoms with van der Waals surface area (Å²) in [7, 11) is 0. The van der Waals surface area contributed by atoms with Crippen LogP contribution in [0.1, 0.15) is 24.9 Å². The van der Waals surface area contributed by atoms with Gasteiger partial charge in [-0.15, -0.1) is 0 Å². The van der Waals surface area contributed by atoms with Gasteiger partial charge < -0.3 is 5.11 Å². The van der Waals surface area contributed by atoms with Crippen LogP contribution in [0.15, 0.2) is 22.7 Å². The summed E-state index contributed by atoms with van der Waals surface area (Å²) in [5.74, 6) is -0.784. The monoisotopic (exact) mass is 315 g/mol. The molecule has 1 aliphatic rings. The van der Waals surface area contributed by atoms with Crippen molar-refractivity contribution in [3.05, 3.63) is 34.1 Å². The van der Waals surface area contributed by atoms with Crippen molar-refractivity contribution in [1.82, 2.24) is 4.90 Å². The molecule has 5 heteroatoms. The smallest absolute Gasteiger partial charge is 0.303 e. The zero-order valence-corrected chi connectivity index (χ0v) is 11.7. The molecule has 1 fully saturated rings. The van der Waals surface area contributed by atoms with E-state index in [-0.39, 0.29) is 24.2 Å². The summed E-state index contributed by atoms with van der Waals surface area (Å²) >= 11 is 3.34. The zero-order valence-electron chi connectivity index (χ0n) is 10.1. The SMILES string of the molecule is CC(c1cc(Br)ccc1F)N1CC(CC(=O)O)C1. The van der Waals surface area contributed by atoms with Crippen molar-refractivity contribution in [3.8, 4) is 0 Å². The third-order valence-electron chi connectivity index (χ3n) is 3.40. The summed E-state index contributed by atoms with van der Waals surface area (Å²) in [6, 6.07) is 4.89. The first kappa shape index (κ1) is 13.5. The minimum atomic E-state index is -0.763. The lowest BCUT2D eigenvalue weighted by Gasteiger charge is -2.43. The Morgan fingerprint density at radius 3 is 2.89 bits per heavy atom. The van der Waals surface area contributed by atoms with Crippen LogP contribution in [0.2, 0.25) is 0 Å². The van der Waals surface area contributed by atoms with Crippen LogP contribution >= 0.6 is 15.9 Å². The quantitative estimate of drug-likeness (QED) is 0.928. The summed E-state index contributed by atoms with van der Waals surface area (Å²) < 4.78 is 14.6. The number of aliphatic carboxylic acids is 1.